The largest absolute Gasteiger partial charge is 0.478 e. The summed E-state index contributed by atoms with van der Waals surface area (Å²) in [5.41, 5.74) is -0.594. The van der Waals surface area contributed by atoms with Crippen LogP contribution in [0.5, 0.6) is 5.75 Å². The van der Waals surface area contributed by atoms with Crippen LogP contribution in [0.3, 0.4) is 0 Å². The first-order chi connectivity index (χ1) is 9.96. The lowest BCUT2D eigenvalue weighted by molar-refractivity contribution is -0.130. The number of carboxylic acid groups (broad SMARTS) is 1. The maximum atomic E-state index is 11.6. The van der Waals surface area contributed by atoms with E-state index in [-0.39, 0.29) is 16.9 Å². The Labute approximate surface area is 128 Å². The van der Waals surface area contributed by atoms with Gasteiger partial charge in [0.05, 0.1) is 5.56 Å². The SMILES string of the molecule is C=C(C)C(=O)Oc1ccc(C(=O)O)c(S(=O)(=O)O)c1C(C)C. The topological polar surface area (TPSA) is 118 Å². The maximum absolute atomic E-state index is 11.6. The minimum absolute atomic E-state index is 0.0861. The second-order valence-corrected chi connectivity index (χ2v) is 6.32. The van der Waals surface area contributed by atoms with Crippen LogP contribution < -0.4 is 4.74 Å². The molecule has 0 unspecified atom stereocenters. The molecule has 22 heavy (non-hydrogen) atoms. The number of carboxylic acids is 1. The first-order valence-electron chi connectivity index (χ1n) is 6.22. The van der Waals surface area contributed by atoms with Crippen LogP contribution in [0, 0.1) is 0 Å². The number of hydrogen-bond acceptors (Lipinski definition) is 5. The van der Waals surface area contributed by atoms with Crippen molar-refractivity contribution in [1.82, 2.24) is 0 Å². The number of esters is 1. The average molecular weight is 328 g/mol. The Hall–Kier alpha value is -2.19. The summed E-state index contributed by atoms with van der Waals surface area (Å²) in [6, 6.07) is 2.13. The van der Waals surface area contributed by atoms with Crippen molar-refractivity contribution >= 4 is 22.1 Å². The second kappa shape index (κ2) is 6.29. The molecule has 1 aromatic carbocycles. The molecule has 0 saturated carbocycles. The Morgan fingerprint density at radius 3 is 2.18 bits per heavy atom. The van der Waals surface area contributed by atoms with Gasteiger partial charge in [0.25, 0.3) is 10.1 Å². The van der Waals surface area contributed by atoms with Crippen LogP contribution in [0.15, 0.2) is 29.2 Å². The smallest absolute Gasteiger partial charge is 0.338 e. The van der Waals surface area contributed by atoms with Crippen LogP contribution in [-0.2, 0) is 14.9 Å². The van der Waals surface area contributed by atoms with Gasteiger partial charge in [0.2, 0.25) is 0 Å². The molecule has 0 heterocycles. The van der Waals surface area contributed by atoms with Gasteiger partial charge in [-0.3, -0.25) is 4.55 Å². The molecule has 1 rings (SSSR count). The third kappa shape index (κ3) is 3.71. The van der Waals surface area contributed by atoms with Crippen LogP contribution in [-0.4, -0.2) is 30.0 Å². The van der Waals surface area contributed by atoms with E-state index in [9.17, 15) is 22.6 Å². The van der Waals surface area contributed by atoms with Gasteiger partial charge in [-0.25, -0.2) is 9.59 Å². The van der Waals surface area contributed by atoms with Crippen molar-refractivity contribution in [3.05, 3.63) is 35.4 Å². The lowest BCUT2D eigenvalue weighted by Crippen LogP contribution is -2.16. The number of benzene rings is 1. The van der Waals surface area contributed by atoms with E-state index in [0.29, 0.717) is 0 Å². The van der Waals surface area contributed by atoms with Gasteiger partial charge in [-0.2, -0.15) is 8.42 Å². The van der Waals surface area contributed by atoms with Crippen molar-refractivity contribution in [3.63, 3.8) is 0 Å². The van der Waals surface area contributed by atoms with Gasteiger partial charge in [0, 0.05) is 11.1 Å². The summed E-state index contributed by atoms with van der Waals surface area (Å²) in [5.74, 6) is -2.97. The molecular weight excluding hydrogens is 312 g/mol. The van der Waals surface area contributed by atoms with Crippen LogP contribution >= 0.6 is 0 Å². The Bertz CT molecular complexity index is 745. The molecule has 7 nitrogen and oxygen atoms in total. The number of ether oxygens (including phenoxy) is 1. The number of hydrogen-bond donors (Lipinski definition) is 2. The zero-order valence-electron chi connectivity index (χ0n) is 12.3. The third-order valence-electron chi connectivity index (χ3n) is 2.77. The van der Waals surface area contributed by atoms with Crippen LogP contribution in [0.4, 0.5) is 0 Å². The Kier molecular flexibility index (Phi) is 5.10. The molecule has 0 fully saturated rings. The molecule has 2 N–H and O–H groups in total. The van der Waals surface area contributed by atoms with Gasteiger partial charge in [-0.15, -0.1) is 0 Å². The molecule has 0 radical (unpaired) electrons. The maximum Gasteiger partial charge on any atom is 0.338 e. The van der Waals surface area contributed by atoms with E-state index in [1.165, 1.54) is 13.0 Å². The van der Waals surface area contributed by atoms with Gasteiger partial charge >= 0.3 is 11.9 Å². The van der Waals surface area contributed by atoms with Crippen LogP contribution in [0.25, 0.3) is 0 Å². The monoisotopic (exact) mass is 328 g/mol. The molecule has 0 atom stereocenters. The fourth-order valence-corrected chi connectivity index (χ4v) is 2.90. The molecule has 0 aromatic heterocycles. The third-order valence-corrected chi connectivity index (χ3v) is 3.73. The van der Waals surface area contributed by atoms with E-state index in [1.807, 2.05) is 0 Å². The summed E-state index contributed by atoms with van der Waals surface area (Å²) in [4.78, 5) is 22.0. The highest BCUT2D eigenvalue weighted by Crippen LogP contribution is 2.35. The summed E-state index contributed by atoms with van der Waals surface area (Å²) in [5, 5.41) is 9.10. The van der Waals surface area contributed by atoms with Gasteiger partial charge in [0.1, 0.15) is 10.6 Å². The Morgan fingerprint density at radius 2 is 1.82 bits per heavy atom. The highest BCUT2D eigenvalue weighted by molar-refractivity contribution is 7.86. The summed E-state index contributed by atoms with van der Waals surface area (Å²) >= 11 is 0. The molecule has 0 aliphatic rings. The molecule has 1 aromatic rings. The predicted molar refractivity (Wildman–Crippen MR) is 77.8 cm³/mol. The summed E-state index contributed by atoms with van der Waals surface area (Å²) < 4.78 is 37.6. The Balaban J connectivity index is 3.73. The van der Waals surface area contributed by atoms with E-state index in [4.69, 9.17) is 9.84 Å². The molecular formula is C14H16O7S. The molecule has 0 bridgehead atoms. The molecule has 8 heteroatoms. The molecule has 0 amide bonds. The van der Waals surface area contributed by atoms with Gasteiger partial charge < -0.3 is 9.84 Å². The fourth-order valence-electron chi connectivity index (χ4n) is 1.85. The molecule has 0 spiro atoms. The molecule has 0 aliphatic carbocycles. The quantitative estimate of drug-likeness (QED) is 0.368. The van der Waals surface area contributed by atoms with E-state index >= 15 is 0 Å². The highest BCUT2D eigenvalue weighted by Gasteiger charge is 2.29. The van der Waals surface area contributed by atoms with E-state index in [2.05, 4.69) is 6.58 Å². The van der Waals surface area contributed by atoms with Crippen molar-refractivity contribution < 1.29 is 32.4 Å². The molecule has 120 valence electrons. The minimum Gasteiger partial charge on any atom is -0.478 e. The van der Waals surface area contributed by atoms with Gasteiger partial charge in [-0.1, -0.05) is 20.4 Å². The minimum atomic E-state index is -4.83. The standard InChI is InChI=1S/C14H16O7S/c1-7(2)11-10(21-14(17)8(3)4)6-5-9(13(15)16)12(11)22(18,19)20/h5-7H,3H2,1-2,4H3,(H,15,16)(H,18,19,20). The zero-order chi connectivity index (χ0) is 17.2. The van der Waals surface area contributed by atoms with Crippen LogP contribution in [0.2, 0.25) is 0 Å². The first kappa shape index (κ1) is 17.9. The number of carbonyl (C=O) groups is 2. The summed E-state index contributed by atoms with van der Waals surface area (Å²) in [6.45, 7) is 7.97. The Morgan fingerprint density at radius 1 is 1.27 bits per heavy atom. The summed E-state index contributed by atoms with van der Waals surface area (Å²) in [6.07, 6.45) is 0. The van der Waals surface area contributed by atoms with Crippen molar-refractivity contribution in [2.45, 2.75) is 31.6 Å². The van der Waals surface area contributed by atoms with Crippen molar-refractivity contribution in [2.24, 2.45) is 0 Å². The zero-order valence-corrected chi connectivity index (χ0v) is 13.1. The average Bonchev–Trinajstić information content (AvgIpc) is 2.36. The highest BCUT2D eigenvalue weighted by atomic mass is 32.2. The van der Waals surface area contributed by atoms with Gasteiger partial charge in [-0.05, 0) is 25.0 Å². The number of carbonyl (C=O) groups excluding carboxylic acids is 1. The van der Waals surface area contributed by atoms with Crippen molar-refractivity contribution in [2.75, 3.05) is 0 Å². The second-order valence-electron chi connectivity index (χ2n) is 4.96. The van der Waals surface area contributed by atoms with E-state index in [1.54, 1.807) is 13.8 Å². The van der Waals surface area contributed by atoms with E-state index < -0.39 is 38.4 Å². The van der Waals surface area contributed by atoms with Crippen molar-refractivity contribution in [1.29, 1.82) is 0 Å². The fraction of sp³-hybridized carbons (Fsp3) is 0.286. The van der Waals surface area contributed by atoms with Crippen LogP contribution in [0.1, 0.15) is 42.6 Å². The van der Waals surface area contributed by atoms with Crippen molar-refractivity contribution in [3.8, 4) is 5.75 Å². The first-order valence-corrected chi connectivity index (χ1v) is 7.66. The predicted octanol–water partition coefficient (Wildman–Crippen LogP) is 2.24. The lowest BCUT2D eigenvalue weighted by atomic mass is 9.99. The normalized spacial score (nSPS) is 11.3. The summed E-state index contributed by atoms with van der Waals surface area (Å²) in [7, 11) is -4.83. The van der Waals surface area contributed by atoms with E-state index in [0.717, 1.165) is 6.07 Å². The number of rotatable bonds is 5. The lowest BCUT2D eigenvalue weighted by Gasteiger charge is -2.17. The molecule has 0 saturated heterocycles. The number of aromatic carboxylic acids is 1. The molecule has 0 aliphatic heterocycles. The van der Waals surface area contributed by atoms with Gasteiger partial charge in [0.15, 0.2) is 0 Å².